The lowest BCUT2D eigenvalue weighted by molar-refractivity contribution is -0.129. The van der Waals surface area contributed by atoms with E-state index in [4.69, 9.17) is 9.53 Å². The fourth-order valence-electron chi connectivity index (χ4n) is 9.86. The number of carbonyl (C=O) groups excluding carboxylic acids is 2. The summed E-state index contributed by atoms with van der Waals surface area (Å²) in [5.74, 6) is 4.28. The van der Waals surface area contributed by atoms with Gasteiger partial charge in [0.05, 0.1) is 11.7 Å². The third-order valence-corrected chi connectivity index (χ3v) is 11.6. The number of fused-ring (bicyclic) bond motifs is 6. The summed E-state index contributed by atoms with van der Waals surface area (Å²) in [5, 5.41) is 0. The molecule has 34 heavy (non-hydrogen) atoms. The summed E-state index contributed by atoms with van der Waals surface area (Å²) < 4.78 is 7.03. The standard InChI is InChI=1S/C28H43NO2.C2H4O/c1-17-16-28(18(2)26-25(31-28)6-5-13-29(26)4)12-10-21-22-8-7-19-14-20(30)9-11-27(19,3)24(22)15-23(17)21;1-2-3/h18-19,21-22,24-26H,5-16H2,1-4H3;2H,1H3. The quantitative estimate of drug-likeness (QED) is 0.323. The second kappa shape index (κ2) is 9.14. The van der Waals surface area contributed by atoms with Crippen LogP contribution in [0, 0.1) is 35.0 Å². The monoisotopic (exact) mass is 469 g/mol. The first kappa shape index (κ1) is 24.7. The van der Waals surface area contributed by atoms with Gasteiger partial charge in [0.15, 0.2) is 0 Å². The minimum Gasteiger partial charge on any atom is -0.369 e. The Balaban J connectivity index is 0.000000764. The number of ketones is 1. The molecule has 0 N–H and O–H groups in total. The number of likely N-dealkylation sites (tertiary alicyclic amines) is 1. The van der Waals surface area contributed by atoms with Crippen molar-refractivity contribution in [3.8, 4) is 0 Å². The summed E-state index contributed by atoms with van der Waals surface area (Å²) in [5.41, 5.74) is 3.98. The second-order valence-corrected chi connectivity index (χ2v) is 13.0. The largest absolute Gasteiger partial charge is 0.369 e. The third kappa shape index (κ3) is 3.77. The molecule has 9 unspecified atom stereocenters. The van der Waals surface area contributed by atoms with E-state index in [1.165, 1.54) is 64.8 Å². The molecule has 4 nitrogen and oxygen atoms in total. The number of allylic oxidation sites excluding steroid dienone is 1. The second-order valence-electron chi connectivity index (χ2n) is 13.0. The van der Waals surface area contributed by atoms with Gasteiger partial charge in [-0.3, -0.25) is 4.79 Å². The van der Waals surface area contributed by atoms with Crippen LogP contribution in [0.1, 0.15) is 98.3 Å². The van der Waals surface area contributed by atoms with E-state index in [0.29, 0.717) is 35.2 Å². The SMILES string of the molecule is CC1=C2CC3C(CCC4CC(=O)CCC43C)C2CCC2(C1)OC1CCCN(C)C1C2C.CC=O. The van der Waals surface area contributed by atoms with Gasteiger partial charge in [0, 0.05) is 24.8 Å². The van der Waals surface area contributed by atoms with Gasteiger partial charge >= 0.3 is 0 Å². The topological polar surface area (TPSA) is 46.6 Å². The highest BCUT2D eigenvalue weighted by Crippen LogP contribution is 2.65. The Morgan fingerprint density at radius 2 is 1.88 bits per heavy atom. The lowest BCUT2D eigenvalue weighted by Crippen LogP contribution is -2.47. The van der Waals surface area contributed by atoms with Crippen molar-refractivity contribution in [2.75, 3.05) is 13.6 Å². The van der Waals surface area contributed by atoms with Gasteiger partial charge in [0.25, 0.3) is 0 Å². The summed E-state index contributed by atoms with van der Waals surface area (Å²) in [4.78, 5) is 23.6. The molecular formula is C30H47NO3. The number of hydrogen-bond acceptors (Lipinski definition) is 4. The molecule has 5 fully saturated rings. The normalized spacial score (nSPS) is 48.3. The number of likely N-dealkylation sites (N-methyl/N-ethyl adjacent to an activating group) is 1. The predicted molar refractivity (Wildman–Crippen MR) is 135 cm³/mol. The van der Waals surface area contributed by atoms with Crippen molar-refractivity contribution in [3.05, 3.63) is 11.1 Å². The fraction of sp³-hybridized carbons (Fsp3) is 0.867. The molecule has 0 bridgehead atoms. The summed E-state index contributed by atoms with van der Waals surface area (Å²) in [7, 11) is 2.32. The van der Waals surface area contributed by atoms with E-state index < -0.39 is 0 Å². The lowest BCUT2D eigenvalue weighted by atomic mass is 9.52. The maximum Gasteiger partial charge on any atom is 0.133 e. The molecule has 0 aromatic heterocycles. The van der Waals surface area contributed by atoms with E-state index in [1.54, 1.807) is 5.57 Å². The maximum absolute atomic E-state index is 12.2. The Morgan fingerprint density at radius 3 is 2.62 bits per heavy atom. The van der Waals surface area contributed by atoms with Gasteiger partial charge in [-0.15, -0.1) is 0 Å². The zero-order valence-corrected chi connectivity index (χ0v) is 22.3. The van der Waals surface area contributed by atoms with Gasteiger partial charge < -0.3 is 14.4 Å². The molecule has 190 valence electrons. The fourth-order valence-corrected chi connectivity index (χ4v) is 9.86. The molecule has 0 radical (unpaired) electrons. The van der Waals surface area contributed by atoms with Crippen molar-refractivity contribution in [1.82, 2.24) is 4.90 Å². The number of hydrogen-bond donors (Lipinski definition) is 0. The van der Waals surface area contributed by atoms with Crippen LogP contribution in [0.4, 0.5) is 0 Å². The van der Waals surface area contributed by atoms with Crippen LogP contribution >= 0.6 is 0 Å². The number of nitrogens with zero attached hydrogens (tertiary/aromatic N) is 1. The highest BCUT2D eigenvalue weighted by atomic mass is 16.5. The van der Waals surface area contributed by atoms with E-state index in [9.17, 15) is 4.79 Å². The maximum atomic E-state index is 12.2. The van der Waals surface area contributed by atoms with Crippen molar-refractivity contribution in [1.29, 1.82) is 0 Å². The average Bonchev–Trinajstić information content (AvgIpc) is 3.26. The number of carbonyl (C=O) groups is 2. The number of piperidine rings is 1. The molecule has 2 heterocycles. The number of rotatable bonds is 0. The molecule has 3 saturated carbocycles. The molecule has 4 heteroatoms. The minimum absolute atomic E-state index is 0.0726. The molecule has 0 aromatic carbocycles. The van der Waals surface area contributed by atoms with E-state index >= 15 is 0 Å². The van der Waals surface area contributed by atoms with Crippen molar-refractivity contribution in [3.63, 3.8) is 0 Å². The summed E-state index contributed by atoms with van der Waals surface area (Å²) >= 11 is 0. The van der Waals surface area contributed by atoms with Gasteiger partial charge in [0.1, 0.15) is 12.1 Å². The van der Waals surface area contributed by atoms with Crippen LogP contribution in [0.3, 0.4) is 0 Å². The predicted octanol–water partition coefficient (Wildman–Crippen LogP) is 5.98. The zero-order valence-electron chi connectivity index (χ0n) is 22.3. The smallest absolute Gasteiger partial charge is 0.133 e. The van der Waals surface area contributed by atoms with Gasteiger partial charge in [-0.1, -0.05) is 25.0 Å². The first-order valence-electron chi connectivity index (χ1n) is 14.2. The van der Waals surface area contributed by atoms with Gasteiger partial charge in [0.2, 0.25) is 0 Å². The van der Waals surface area contributed by atoms with Gasteiger partial charge in [-0.05, 0) is 114 Å². The molecule has 6 rings (SSSR count). The molecule has 6 aliphatic rings. The van der Waals surface area contributed by atoms with Crippen LogP contribution in [0.15, 0.2) is 11.1 Å². The number of ether oxygens (including phenoxy) is 1. The van der Waals surface area contributed by atoms with Crippen LogP contribution < -0.4 is 0 Å². The first-order chi connectivity index (χ1) is 16.2. The van der Waals surface area contributed by atoms with E-state index in [2.05, 4.69) is 32.7 Å². The summed E-state index contributed by atoms with van der Waals surface area (Å²) in [6.45, 7) is 10.2. The Morgan fingerprint density at radius 1 is 1.12 bits per heavy atom. The molecule has 2 saturated heterocycles. The Labute approximate surface area is 207 Å². The van der Waals surface area contributed by atoms with Crippen molar-refractivity contribution in [2.45, 2.75) is 116 Å². The van der Waals surface area contributed by atoms with Crippen LogP contribution in [0.5, 0.6) is 0 Å². The number of Topliss-reactive ketones (excluding diaryl/α,β-unsaturated/α-hetero) is 1. The molecule has 0 aromatic rings. The zero-order chi connectivity index (χ0) is 24.3. The van der Waals surface area contributed by atoms with Crippen molar-refractivity contribution >= 4 is 12.1 Å². The molecule has 2 aliphatic heterocycles. The molecular weight excluding hydrogens is 422 g/mol. The van der Waals surface area contributed by atoms with Gasteiger partial charge in [-0.25, -0.2) is 0 Å². The number of aldehydes is 1. The molecule has 1 spiro atoms. The highest BCUT2D eigenvalue weighted by Gasteiger charge is 2.59. The third-order valence-electron chi connectivity index (χ3n) is 11.6. The average molecular weight is 470 g/mol. The Hall–Kier alpha value is -1.00. The first-order valence-corrected chi connectivity index (χ1v) is 14.2. The van der Waals surface area contributed by atoms with Crippen molar-refractivity contribution in [2.24, 2.45) is 35.0 Å². The van der Waals surface area contributed by atoms with Crippen LogP contribution in [0.25, 0.3) is 0 Å². The molecule has 4 aliphatic carbocycles. The van der Waals surface area contributed by atoms with E-state index in [0.717, 1.165) is 43.3 Å². The van der Waals surface area contributed by atoms with E-state index in [1.807, 2.05) is 5.57 Å². The highest BCUT2D eigenvalue weighted by molar-refractivity contribution is 5.79. The lowest BCUT2D eigenvalue weighted by Gasteiger charge is -2.52. The molecule has 9 atom stereocenters. The van der Waals surface area contributed by atoms with Crippen LogP contribution in [-0.2, 0) is 14.3 Å². The van der Waals surface area contributed by atoms with Crippen LogP contribution in [0.2, 0.25) is 0 Å². The van der Waals surface area contributed by atoms with Crippen LogP contribution in [-0.4, -0.2) is 48.3 Å². The van der Waals surface area contributed by atoms with Crippen molar-refractivity contribution < 1.29 is 14.3 Å². The Kier molecular flexibility index (Phi) is 6.64. The van der Waals surface area contributed by atoms with E-state index in [-0.39, 0.29) is 5.60 Å². The minimum atomic E-state index is 0.0726. The Bertz CT molecular complexity index is 850. The summed E-state index contributed by atoms with van der Waals surface area (Å²) in [6.07, 6.45) is 14.3. The van der Waals surface area contributed by atoms with Gasteiger partial charge in [-0.2, -0.15) is 0 Å². The summed E-state index contributed by atoms with van der Waals surface area (Å²) in [6, 6.07) is 0.617. The molecule has 0 amide bonds.